The summed E-state index contributed by atoms with van der Waals surface area (Å²) < 4.78 is 0. The van der Waals surface area contributed by atoms with E-state index >= 15 is 0 Å². The van der Waals surface area contributed by atoms with Crippen molar-refractivity contribution in [2.45, 2.75) is 13.0 Å². The minimum atomic E-state index is 0.274. The van der Waals surface area contributed by atoms with Gasteiger partial charge in [-0.2, -0.15) is 0 Å². The zero-order chi connectivity index (χ0) is 14.8. The van der Waals surface area contributed by atoms with E-state index in [1.165, 1.54) is 11.1 Å². The van der Waals surface area contributed by atoms with Gasteiger partial charge in [0, 0.05) is 24.7 Å². The summed E-state index contributed by atoms with van der Waals surface area (Å²) in [6.07, 6.45) is 0. The second kappa shape index (κ2) is 6.27. The largest absolute Gasteiger partial charge is 0.361 e. The van der Waals surface area contributed by atoms with Crippen molar-refractivity contribution >= 4 is 28.9 Å². The highest BCUT2D eigenvalue weighted by molar-refractivity contribution is 6.33. The molecule has 0 aromatic heterocycles. The number of piperazine rings is 1. The van der Waals surface area contributed by atoms with Gasteiger partial charge in [0.25, 0.3) is 0 Å². The third-order valence-electron chi connectivity index (χ3n) is 3.91. The van der Waals surface area contributed by atoms with E-state index in [0.717, 1.165) is 35.4 Å². The van der Waals surface area contributed by atoms with Crippen molar-refractivity contribution in [3.05, 3.63) is 63.6 Å². The van der Waals surface area contributed by atoms with Crippen LogP contribution in [-0.2, 0) is 0 Å². The van der Waals surface area contributed by atoms with Gasteiger partial charge in [-0.15, -0.1) is 0 Å². The summed E-state index contributed by atoms with van der Waals surface area (Å²) in [6, 6.07) is 14.6. The van der Waals surface area contributed by atoms with Crippen LogP contribution in [0.25, 0.3) is 0 Å². The third-order valence-corrected chi connectivity index (χ3v) is 4.47. The fourth-order valence-corrected chi connectivity index (χ4v) is 3.29. The lowest BCUT2D eigenvalue weighted by Gasteiger charge is -2.39. The quantitative estimate of drug-likeness (QED) is 0.879. The van der Waals surface area contributed by atoms with Gasteiger partial charge in [-0.25, -0.2) is 0 Å². The van der Waals surface area contributed by atoms with E-state index in [9.17, 15) is 0 Å². The van der Waals surface area contributed by atoms with Crippen molar-refractivity contribution in [1.29, 1.82) is 0 Å². The summed E-state index contributed by atoms with van der Waals surface area (Å²) >= 11 is 12.5. The molecule has 0 bridgehead atoms. The average molecular weight is 321 g/mol. The first-order valence-electron chi connectivity index (χ1n) is 7.14. The van der Waals surface area contributed by atoms with Gasteiger partial charge < -0.3 is 10.2 Å². The Kier molecular flexibility index (Phi) is 4.39. The SMILES string of the molecule is Cc1ccc(N2CCNCC2c2ccc(Cl)cc2)c(Cl)c1. The third kappa shape index (κ3) is 3.18. The smallest absolute Gasteiger partial charge is 0.0668 e. The molecule has 1 saturated heterocycles. The fourth-order valence-electron chi connectivity index (χ4n) is 2.82. The Morgan fingerprint density at radius 2 is 1.86 bits per heavy atom. The number of halogens is 2. The minimum Gasteiger partial charge on any atom is -0.361 e. The molecule has 1 aliphatic heterocycles. The molecule has 1 aliphatic rings. The maximum absolute atomic E-state index is 6.46. The molecule has 0 saturated carbocycles. The summed E-state index contributed by atoms with van der Waals surface area (Å²) in [6.45, 7) is 4.88. The summed E-state index contributed by atoms with van der Waals surface area (Å²) in [5, 5.41) is 5.04. The first-order chi connectivity index (χ1) is 10.1. The van der Waals surface area contributed by atoms with E-state index in [4.69, 9.17) is 23.2 Å². The molecular weight excluding hydrogens is 303 g/mol. The Bertz CT molecular complexity index is 625. The maximum Gasteiger partial charge on any atom is 0.0668 e. The molecule has 0 amide bonds. The average Bonchev–Trinajstić information content (AvgIpc) is 2.48. The zero-order valence-corrected chi connectivity index (χ0v) is 13.5. The van der Waals surface area contributed by atoms with Crippen molar-refractivity contribution in [3.63, 3.8) is 0 Å². The molecule has 2 aromatic carbocycles. The number of rotatable bonds is 2. The second-order valence-corrected chi connectivity index (χ2v) is 6.26. The lowest BCUT2D eigenvalue weighted by Crippen LogP contribution is -2.46. The van der Waals surface area contributed by atoms with E-state index in [1.54, 1.807) is 0 Å². The molecule has 1 heterocycles. The predicted octanol–water partition coefficient (Wildman–Crippen LogP) is 4.45. The fraction of sp³-hybridized carbons (Fsp3) is 0.294. The second-order valence-electron chi connectivity index (χ2n) is 5.42. The zero-order valence-electron chi connectivity index (χ0n) is 11.9. The molecule has 0 aliphatic carbocycles. The molecule has 110 valence electrons. The summed E-state index contributed by atoms with van der Waals surface area (Å²) in [5.41, 5.74) is 3.54. The molecule has 1 N–H and O–H groups in total. The van der Waals surface area contributed by atoms with E-state index in [2.05, 4.69) is 41.4 Å². The molecule has 1 unspecified atom stereocenters. The van der Waals surface area contributed by atoms with Crippen LogP contribution in [0.15, 0.2) is 42.5 Å². The number of nitrogens with zero attached hydrogens (tertiary/aromatic N) is 1. The van der Waals surface area contributed by atoms with Crippen LogP contribution in [0.2, 0.25) is 10.0 Å². The number of benzene rings is 2. The van der Waals surface area contributed by atoms with Gasteiger partial charge in [0.2, 0.25) is 0 Å². The molecule has 0 radical (unpaired) electrons. The molecular formula is C17H18Cl2N2. The Hall–Kier alpha value is -1.22. The van der Waals surface area contributed by atoms with Gasteiger partial charge in [-0.1, -0.05) is 41.4 Å². The van der Waals surface area contributed by atoms with E-state index in [-0.39, 0.29) is 6.04 Å². The summed E-state index contributed by atoms with van der Waals surface area (Å²) in [5.74, 6) is 0. The normalized spacial score (nSPS) is 18.8. The topological polar surface area (TPSA) is 15.3 Å². The van der Waals surface area contributed by atoms with Crippen LogP contribution in [0.3, 0.4) is 0 Å². The Labute approximate surface area is 135 Å². The first-order valence-corrected chi connectivity index (χ1v) is 7.90. The molecule has 3 rings (SSSR count). The van der Waals surface area contributed by atoms with Gasteiger partial charge in [0.05, 0.1) is 16.8 Å². The highest BCUT2D eigenvalue weighted by atomic mass is 35.5. The monoisotopic (exact) mass is 320 g/mol. The summed E-state index contributed by atoms with van der Waals surface area (Å²) in [4.78, 5) is 2.38. The number of hydrogen-bond acceptors (Lipinski definition) is 2. The molecule has 21 heavy (non-hydrogen) atoms. The first kappa shape index (κ1) is 14.7. The van der Waals surface area contributed by atoms with Crippen molar-refractivity contribution in [1.82, 2.24) is 5.32 Å². The number of nitrogens with one attached hydrogen (secondary N) is 1. The van der Waals surface area contributed by atoms with Crippen molar-refractivity contribution in [2.75, 3.05) is 24.5 Å². The Morgan fingerprint density at radius 1 is 1.10 bits per heavy atom. The highest BCUT2D eigenvalue weighted by Gasteiger charge is 2.25. The number of anilines is 1. The lowest BCUT2D eigenvalue weighted by atomic mass is 10.0. The van der Waals surface area contributed by atoms with E-state index < -0.39 is 0 Å². The minimum absolute atomic E-state index is 0.274. The van der Waals surface area contributed by atoms with Gasteiger partial charge in [0.1, 0.15) is 0 Å². The van der Waals surface area contributed by atoms with E-state index in [1.807, 2.05) is 18.2 Å². The van der Waals surface area contributed by atoms with Crippen molar-refractivity contribution in [2.24, 2.45) is 0 Å². The summed E-state index contributed by atoms with van der Waals surface area (Å²) in [7, 11) is 0. The van der Waals surface area contributed by atoms with Crippen LogP contribution in [0.5, 0.6) is 0 Å². The Morgan fingerprint density at radius 3 is 2.57 bits per heavy atom. The van der Waals surface area contributed by atoms with Crippen LogP contribution in [0.4, 0.5) is 5.69 Å². The maximum atomic E-state index is 6.46. The highest BCUT2D eigenvalue weighted by Crippen LogP contribution is 2.34. The molecule has 2 nitrogen and oxygen atoms in total. The van der Waals surface area contributed by atoms with Crippen LogP contribution in [-0.4, -0.2) is 19.6 Å². The van der Waals surface area contributed by atoms with Gasteiger partial charge >= 0.3 is 0 Å². The lowest BCUT2D eigenvalue weighted by molar-refractivity contribution is 0.490. The van der Waals surface area contributed by atoms with E-state index in [0.29, 0.717) is 0 Å². The molecule has 0 spiro atoms. The van der Waals surface area contributed by atoms with Crippen molar-refractivity contribution in [3.8, 4) is 0 Å². The van der Waals surface area contributed by atoms with Crippen LogP contribution in [0.1, 0.15) is 17.2 Å². The standard InChI is InChI=1S/C17H18Cl2N2/c1-12-2-7-16(15(19)10-12)21-9-8-20-11-17(21)13-3-5-14(18)6-4-13/h2-7,10,17,20H,8-9,11H2,1H3. The van der Waals surface area contributed by atoms with Crippen LogP contribution < -0.4 is 10.2 Å². The van der Waals surface area contributed by atoms with Gasteiger partial charge in [-0.05, 0) is 42.3 Å². The molecule has 1 fully saturated rings. The van der Waals surface area contributed by atoms with Crippen LogP contribution in [0, 0.1) is 6.92 Å². The van der Waals surface area contributed by atoms with Crippen LogP contribution >= 0.6 is 23.2 Å². The van der Waals surface area contributed by atoms with Gasteiger partial charge in [0.15, 0.2) is 0 Å². The number of aryl methyl sites for hydroxylation is 1. The molecule has 2 aromatic rings. The van der Waals surface area contributed by atoms with Crippen molar-refractivity contribution < 1.29 is 0 Å². The molecule has 4 heteroatoms. The Balaban J connectivity index is 1.96. The predicted molar refractivity (Wildman–Crippen MR) is 90.6 cm³/mol. The molecule has 1 atom stereocenters. The van der Waals surface area contributed by atoms with Gasteiger partial charge in [-0.3, -0.25) is 0 Å². The number of hydrogen-bond donors (Lipinski definition) is 1.